The molecule has 0 aromatic carbocycles. The van der Waals surface area contributed by atoms with Crippen molar-refractivity contribution >= 4 is 17.2 Å². The van der Waals surface area contributed by atoms with E-state index >= 15 is 0 Å². The molecule has 0 saturated carbocycles. The Labute approximate surface area is 125 Å². The topological polar surface area (TPSA) is 58.4 Å². The van der Waals surface area contributed by atoms with E-state index in [1.807, 2.05) is 6.07 Å². The van der Waals surface area contributed by atoms with Gasteiger partial charge in [0, 0.05) is 24.0 Å². The van der Waals surface area contributed by atoms with Crippen molar-refractivity contribution in [1.29, 1.82) is 0 Å². The summed E-state index contributed by atoms with van der Waals surface area (Å²) >= 11 is 1.70. The van der Waals surface area contributed by atoms with Gasteiger partial charge in [-0.3, -0.25) is 9.69 Å². The zero-order valence-corrected chi connectivity index (χ0v) is 13.3. The molecule has 0 spiro atoms. The lowest BCUT2D eigenvalue weighted by atomic mass is 10.0. The molecule has 1 aliphatic heterocycles. The first-order valence-electron chi connectivity index (χ1n) is 7.28. The number of nitrogens with two attached hydrogens (primary N) is 1. The molecule has 0 bridgehead atoms. The highest BCUT2D eigenvalue weighted by molar-refractivity contribution is 7.10. The number of nitrogens with zero attached hydrogens (tertiary/aromatic N) is 1. The SMILES string of the molecule is CC(C)C(NC(=O)CN1CC(C)C(N)C1)c1cccs1. The van der Waals surface area contributed by atoms with Crippen LogP contribution in [0.3, 0.4) is 0 Å². The third-order valence-corrected chi connectivity index (χ3v) is 4.90. The van der Waals surface area contributed by atoms with Gasteiger partial charge < -0.3 is 11.1 Å². The van der Waals surface area contributed by atoms with Crippen LogP contribution in [0.2, 0.25) is 0 Å². The van der Waals surface area contributed by atoms with Crippen molar-refractivity contribution in [3.63, 3.8) is 0 Å². The van der Waals surface area contributed by atoms with E-state index in [0.29, 0.717) is 18.4 Å². The van der Waals surface area contributed by atoms with Crippen LogP contribution in [0.4, 0.5) is 0 Å². The molecule has 2 rings (SSSR count). The third-order valence-electron chi connectivity index (χ3n) is 3.95. The number of carbonyl (C=O) groups is 1. The van der Waals surface area contributed by atoms with Gasteiger partial charge in [0.05, 0.1) is 12.6 Å². The minimum atomic E-state index is 0.0957. The van der Waals surface area contributed by atoms with Gasteiger partial charge in [-0.15, -0.1) is 11.3 Å². The van der Waals surface area contributed by atoms with Crippen LogP contribution in [-0.2, 0) is 4.79 Å². The highest BCUT2D eigenvalue weighted by Crippen LogP contribution is 2.25. The highest BCUT2D eigenvalue weighted by atomic mass is 32.1. The number of hydrogen-bond acceptors (Lipinski definition) is 4. The average Bonchev–Trinajstić information content (AvgIpc) is 2.97. The van der Waals surface area contributed by atoms with Gasteiger partial charge in [-0.1, -0.05) is 26.8 Å². The smallest absolute Gasteiger partial charge is 0.234 e. The van der Waals surface area contributed by atoms with E-state index < -0.39 is 0 Å². The summed E-state index contributed by atoms with van der Waals surface area (Å²) in [6.45, 7) is 8.61. The second kappa shape index (κ2) is 6.70. The monoisotopic (exact) mass is 295 g/mol. The molecule has 1 fully saturated rings. The standard InChI is InChI=1S/C15H25N3OS/c1-10(2)15(13-5-4-6-20-13)17-14(19)9-18-7-11(3)12(16)8-18/h4-6,10-12,15H,7-9,16H2,1-3H3,(H,17,19). The minimum Gasteiger partial charge on any atom is -0.347 e. The molecule has 112 valence electrons. The quantitative estimate of drug-likeness (QED) is 0.871. The summed E-state index contributed by atoms with van der Waals surface area (Å²) in [5, 5.41) is 5.22. The molecule has 20 heavy (non-hydrogen) atoms. The summed E-state index contributed by atoms with van der Waals surface area (Å²) in [6.07, 6.45) is 0. The van der Waals surface area contributed by atoms with Gasteiger partial charge in [0.2, 0.25) is 5.91 Å². The molecule has 3 unspecified atom stereocenters. The molecule has 1 aliphatic rings. The molecule has 3 atom stereocenters. The number of thiophene rings is 1. The van der Waals surface area contributed by atoms with Crippen LogP contribution in [0, 0.1) is 11.8 Å². The average molecular weight is 295 g/mol. The fourth-order valence-electron chi connectivity index (χ4n) is 2.68. The van der Waals surface area contributed by atoms with Crippen LogP contribution in [0.1, 0.15) is 31.7 Å². The largest absolute Gasteiger partial charge is 0.347 e. The second-order valence-corrected chi connectivity index (χ2v) is 7.12. The lowest BCUT2D eigenvalue weighted by Crippen LogP contribution is -2.40. The Kier molecular flexibility index (Phi) is 5.18. The normalized spacial score (nSPS) is 25.1. The van der Waals surface area contributed by atoms with Crippen molar-refractivity contribution in [2.45, 2.75) is 32.9 Å². The van der Waals surface area contributed by atoms with Crippen LogP contribution in [0.5, 0.6) is 0 Å². The van der Waals surface area contributed by atoms with Gasteiger partial charge in [-0.2, -0.15) is 0 Å². The Hall–Kier alpha value is -0.910. The predicted molar refractivity (Wildman–Crippen MR) is 83.6 cm³/mol. The van der Waals surface area contributed by atoms with E-state index in [-0.39, 0.29) is 18.0 Å². The van der Waals surface area contributed by atoms with Crippen LogP contribution in [0.25, 0.3) is 0 Å². The molecule has 3 N–H and O–H groups in total. The van der Waals surface area contributed by atoms with Crippen molar-refractivity contribution in [3.05, 3.63) is 22.4 Å². The summed E-state index contributed by atoms with van der Waals surface area (Å²) in [6, 6.07) is 4.42. The number of hydrogen-bond donors (Lipinski definition) is 2. The highest BCUT2D eigenvalue weighted by Gasteiger charge is 2.28. The summed E-state index contributed by atoms with van der Waals surface area (Å²) in [4.78, 5) is 15.6. The first-order chi connectivity index (χ1) is 9.47. The Bertz CT molecular complexity index is 422. The van der Waals surface area contributed by atoms with Gasteiger partial charge in [0.1, 0.15) is 0 Å². The van der Waals surface area contributed by atoms with Crippen molar-refractivity contribution in [2.75, 3.05) is 19.6 Å². The molecule has 1 aromatic rings. The summed E-state index contributed by atoms with van der Waals surface area (Å²) in [5.74, 6) is 0.955. The maximum Gasteiger partial charge on any atom is 0.234 e. The van der Waals surface area contributed by atoms with E-state index in [2.05, 4.69) is 42.4 Å². The van der Waals surface area contributed by atoms with E-state index in [0.717, 1.165) is 13.1 Å². The fourth-order valence-corrected chi connectivity index (χ4v) is 3.63. The first kappa shape index (κ1) is 15.5. The summed E-state index contributed by atoms with van der Waals surface area (Å²) in [7, 11) is 0. The maximum absolute atomic E-state index is 12.2. The number of likely N-dealkylation sites (tertiary alicyclic amines) is 1. The van der Waals surface area contributed by atoms with E-state index in [1.165, 1.54) is 4.88 Å². The van der Waals surface area contributed by atoms with Crippen molar-refractivity contribution in [2.24, 2.45) is 17.6 Å². The molecular formula is C15H25N3OS. The van der Waals surface area contributed by atoms with Gasteiger partial charge in [0.15, 0.2) is 0 Å². The van der Waals surface area contributed by atoms with Crippen LogP contribution >= 0.6 is 11.3 Å². The van der Waals surface area contributed by atoms with E-state index in [4.69, 9.17) is 5.73 Å². The molecule has 5 heteroatoms. The number of rotatable bonds is 5. The van der Waals surface area contributed by atoms with E-state index in [1.54, 1.807) is 11.3 Å². The molecule has 0 radical (unpaired) electrons. The van der Waals surface area contributed by atoms with Gasteiger partial charge in [-0.25, -0.2) is 0 Å². The van der Waals surface area contributed by atoms with Gasteiger partial charge >= 0.3 is 0 Å². The molecule has 0 aliphatic carbocycles. The summed E-state index contributed by atoms with van der Waals surface area (Å²) < 4.78 is 0. The van der Waals surface area contributed by atoms with Crippen LogP contribution in [-0.4, -0.2) is 36.5 Å². The van der Waals surface area contributed by atoms with Gasteiger partial charge in [-0.05, 0) is 23.3 Å². The Balaban J connectivity index is 1.90. The zero-order chi connectivity index (χ0) is 14.7. The lowest BCUT2D eigenvalue weighted by molar-refractivity contribution is -0.123. The number of nitrogens with one attached hydrogen (secondary N) is 1. The van der Waals surface area contributed by atoms with E-state index in [9.17, 15) is 4.79 Å². The lowest BCUT2D eigenvalue weighted by Gasteiger charge is -2.23. The minimum absolute atomic E-state index is 0.0957. The van der Waals surface area contributed by atoms with Crippen molar-refractivity contribution < 1.29 is 4.79 Å². The molecule has 1 amide bonds. The van der Waals surface area contributed by atoms with Crippen LogP contribution < -0.4 is 11.1 Å². The molecule has 4 nitrogen and oxygen atoms in total. The fraction of sp³-hybridized carbons (Fsp3) is 0.667. The molecule has 1 aromatic heterocycles. The number of carbonyl (C=O) groups excluding carboxylic acids is 1. The Morgan fingerprint density at radius 1 is 1.55 bits per heavy atom. The first-order valence-corrected chi connectivity index (χ1v) is 8.16. The Morgan fingerprint density at radius 2 is 2.30 bits per heavy atom. The van der Waals surface area contributed by atoms with Crippen molar-refractivity contribution in [3.8, 4) is 0 Å². The Morgan fingerprint density at radius 3 is 2.80 bits per heavy atom. The van der Waals surface area contributed by atoms with Gasteiger partial charge in [0.25, 0.3) is 0 Å². The van der Waals surface area contributed by atoms with Crippen LogP contribution in [0.15, 0.2) is 17.5 Å². The molecular weight excluding hydrogens is 270 g/mol. The number of amides is 1. The second-order valence-electron chi connectivity index (χ2n) is 6.14. The molecule has 2 heterocycles. The molecule has 1 saturated heterocycles. The summed E-state index contributed by atoms with van der Waals surface area (Å²) in [5.41, 5.74) is 6.00. The maximum atomic E-state index is 12.2. The third kappa shape index (κ3) is 3.81. The predicted octanol–water partition coefficient (Wildman–Crippen LogP) is 1.84. The zero-order valence-electron chi connectivity index (χ0n) is 12.5. The van der Waals surface area contributed by atoms with Crippen molar-refractivity contribution in [1.82, 2.24) is 10.2 Å².